The molecule has 1 saturated heterocycles. The summed E-state index contributed by atoms with van der Waals surface area (Å²) in [7, 11) is 0. The lowest BCUT2D eigenvalue weighted by Crippen LogP contribution is -3.00. The minimum Gasteiger partial charge on any atom is -1.00 e. The van der Waals surface area contributed by atoms with Gasteiger partial charge in [0, 0.05) is 18.6 Å². The molecular weight excluding hydrogens is 322 g/mol. The maximum Gasteiger partial charge on any atom is 0.120 e. The fraction of sp³-hybridized carbons (Fsp3) is 0.500. The van der Waals surface area contributed by atoms with Crippen molar-refractivity contribution in [1.82, 2.24) is 4.90 Å². The van der Waals surface area contributed by atoms with Crippen LogP contribution in [0.2, 0.25) is 0 Å². The Hall–Kier alpha value is -1.29. The smallest absolute Gasteiger partial charge is 0.120 e. The molecule has 3 nitrogen and oxygen atoms in total. The Morgan fingerprint density at radius 2 is 1.75 bits per heavy atom. The molecule has 0 radical (unpaired) electrons. The molecule has 0 aliphatic carbocycles. The van der Waals surface area contributed by atoms with Crippen molar-refractivity contribution < 1.29 is 22.3 Å². The maximum atomic E-state index is 10.3. The first-order valence-corrected chi connectivity index (χ1v) is 8.69. The highest BCUT2D eigenvalue weighted by Crippen LogP contribution is 2.23. The number of nitrogens with zero attached hydrogens (tertiary/aromatic N) is 1. The van der Waals surface area contributed by atoms with Crippen molar-refractivity contribution in [2.24, 2.45) is 0 Å². The van der Waals surface area contributed by atoms with Gasteiger partial charge >= 0.3 is 0 Å². The van der Waals surface area contributed by atoms with Crippen LogP contribution in [-0.2, 0) is 0 Å². The average molecular weight is 349 g/mol. The molecule has 132 valence electrons. The van der Waals surface area contributed by atoms with E-state index in [0.717, 1.165) is 11.1 Å². The Kier molecular flexibility index (Phi) is 6.90. The van der Waals surface area contributed by atoms with Crippen LogP contribution in [0.25, 0.3) is 10.8 Å². The summed E-state index contributed by atoms with van der Waals surface area (Å²) in [6.45, 7) is 5.54. The summed E-state index contributed by atoms with van der Waals surface area (Å²) >= 11 is 0. The van der Waals surface area contributed by atoms with Crippen molar-refractivity contribution in [2.75, 3.05) is 13.2 Å². The van der Waals surface area contributed by atoms with Crippen LogP contribution in [0.1, 0.15) is 33.1 Å². The van der Waals surface area contributed by atoms with Crippen LogP contribution in [0.5, 0.6) is 5.75 Å². The molecule has 1 aliphatic heterocycles. The van der Waals surface area contributed by atoms with E-state index in [1.54, 1.807) is 0 Å². The molecule has 2 aromatic carbocycles. The minimum absolute atomic E-state index is 0. The standard InChI is InChI=1S/C20H27NO2.ClH/c1-15-6-5-7-16(2)21(15)13-19(22)14-23-20-11-10-17-8-3-4-9-18(17)12-20;/h3-4,8-12,15-16,19,22H,5-7,13-14H2,1-2H3;1H/p-1. The third kappa shape index (κ3) is 4.62. The minimum atomic E-state index is -0.454. The SMILES string of the molecule is CC1CCCC(C)N1CC(O)COc1ccc2ccccc2c1.[Cl-]. The van der Waals surface area contributed by atoms with E-state index in [1.165, 1.54) is 24.6 Å². The van der Waals surface area contributed by atoms with Gasteiger partial charge in [-0.2, -0.15) is 0 Å². The van der Waals surface area contributed by atoms with Gasteiger partial charge in [-0.05, 0) is 49.6 Å². The Labute approximate surface area is 151 Å². The van der Waals surface area contributed by atoms with Crippen molar-refractivity contribution in [3.8, 4) is 5.75 Å². The molecule has 1 heterocycles. The molecule has 0 amide bonds. The molecule has 3 rings (SSSR count). The number of hydrogen-bond acceptors (Lipinski definition) is 3. The van der Waals surface area contributed by atoms with Crippen molar-refractivity contribution >= 4 is 10.8 Å². The van der Waals surface area contributed by atoms with Crippen LogP contribution in [0, 0.1) is 0 Å². The molecule has 3 atom stereocenters. The Morgan fingerprint density at radius 1 is 1.08 bits per heavy atom. The van der Waals surface area contributed by atoms with Crippen molar-refractivity contribution in [2.45, 2.75) is 51.3 Å². The molecule has 24 heavy (non-hydrogen) atoms. The van der Waals surface area contributed by atoms with Gasteiger partial charge in [-0.25, -0.2) is 0 Å². The summed E-state index contributed by atoms with van der Waals surface area (Å²) in [5.74, 6) is 0.822. The summed E-state index contributed by atoms with van der Waals surface area (Å²) in [5.41, 5.74) is 0. The molecule has 0 aromatic heterocycles. The lowest BCUT2D eigenvalue weighted by atomic mass is 9.97. The highest BCUT2D eigenvalue weighted by atomic mass is 35.5. The van der Waals surface area contributed by atoms with Crippen molar-refractivity contribution in [3.05, 3.63) is 42.5 Å². The molecule has 0 spiro atoms. The van der Waals surface area contributed by atoms with Crippen LogP contribution in [0.15, 0.2) is 42.5 Å². The Morgan fingerprint density at radius 3 is 2.46 bits per heavy atom. The van der Waals surface area contributed by atoms with Gasteiger partial charge in [-0.1, -0.05) is 36.8 Å². The van der Waals surface area contributed by atoms with Gasteiger partial charge < -0.3 is 22.3 Å². The molecule has 1 fully saturated rings. The van der Waals surface area contributed by atoms with E-state index in [4.69, 9.17) is 4.74 Å². The average Bonchev–Trinajstić information content (AvgIpc) is 2.56. The number of β-amino-alcohol motifs (C(OH)–C–C–N with tert-alkyl or cyclic N) is 1. The molecule has 0 bridgehead atoms. The first-order valence-electron chi connectivity index (χ1n) is 8.69. The monoisotopic (exact) mass is 348 g/mol. The zero-order valence-electron chi connectivity index (χ0n) is 14.5. The second-order valence-corrected chi connectivity index (χ2v) is 6.80. The molecule has 3 unspecified atom stereocenters. The highest BCUT2D eigenvalue weighted by molar-refractivity contribution is 5.83. The quantitative estimate of drug-likeness (QED) is 0.869. The lowest BCUT2D eigenvalue weighted by molar-refractivity contribution is -0.00000665. The molecule has 2 aromatic rings. The van der Waals surface area contributed by atoms with Crippen molar-refractivity contribution in [1.29, 1.82) is 0 Å². The normalized spacial score (nSPS) is 22.8. The summed E-state index contributed by atoms with van der Waals surface area (Å²) in [4.78, 5) is 2.41. The maximum absolute atomic E-state index is 10.3. The third-order valence-corrected chi connectivity index (χ3v) is 4.96. The van der Waals surface area contributed by atoms with E-state index in [1.807, 2.05) is 24.3 Å². The van der Waals surface area contributed by atoms with Gasteiger partial charge in [0.25, 0.3) is 0 Å². The van der Waals surface area contributed by atoms with E-state index in [9.17, 15) is 5.11 Å². The number of aliphatic hydroxyl groups is 1. The molecule has 1 N–H and O–H groups in total. The summed E-state index contributed by atoms with van der Waals surface area (Å²) < 4.78 is 5.81. The van der Waals surface area contributed by atoms with Gasteiger partial charge in [0.1, 0.15) is 18.5 Å². The van der Waals surface area contributed by atoms with Gasteiger partial charge in [-0.3, -0.25) is 4.90 Å². The number of fused-ring (bicyclic) bond motifs is 1. The number of ether oxygens (including phenoxy) is 1. The zero-order valence-corrected chi connectivity index (χ0v) is 15.2. The predicted molar refractivity (Wildman–Crippen MR) is 94.9 cm³/mol. The number of benzene rings is 2. The Balaban J connectivity index is 0.00000208. The fourth-order valence-electron chi connectivity index (χ4n) is 3.58. The molecule has 1 aliphatic rings. The van der Waals surface area contributed by atoms with Crippen LogP contribution in [-0.4, -0.2) is 41.3 Å². The van der Waals surface area contributed by atoms with Crippen molar-refractivity contribution in [3.63, 3.8) is 0 Å². The number of likely N-dealkylation sites (tertiary alicyclic amines) is 1. The predicted octanol–water partition coefficient (Wildman–Crippen LogP) is 0.846. The lowest BCUT2D eigenvalue weighted by Gasteiger charge is -2.40. The van der Waals surface area contributed by atoms with Crippen LogP contribution >= 0.6 is 0 Å². The first kappa shape index (κ1) is 19.0. The molecular formula is C20H27ClNO2-. The number of halogens is 1. The topological polar surface area (TPSA) is 32.7 Å². The van der Waals surface area contributed by atoms with E-state index in [-0.39, 0.29) is 12.4 Å². The van der Waals surface area contributed by atoms with Gasteiger partial charge in [-0.15, -0.1) is 0 Å². The highest BCUT2D eigenvalue weighted by Gasteiger charge is 2.26. The number of piperidine rings is 1. The van der Waals surface area contributed by atoms with Crippen LogP contribution in [0.4, 0.5) is 0 Å². The molecule has 4 heteroatoms. The van der Waals surface area contributed by atoms with Crippen LogP contribution in [0.3, 0.4) is 0 Å². The summed E-state index contributed by atoms with van der Waals surface area (Å²) in [6, 6.07) is 15.4. The number of hydrogen-bond donors (Lipinski definition) is 1. The first-order chi connectivity index (χ1) is 11.1. The van der Waals surface area contributed by atoms with E-state index >= 15 is 0 Å². The van der Waals surface area contributed by atoms with E-state index in [2.05, 4.69) is 36.9 Å². The zero-order chi connectivity index (χ0) is 16.2. The van der Waals surface area contributed by atoms with Crippen LogP contribution < -0.4 is 17.1 Å². The largest absolute Gasteiger partial charge is 1.00 e. The summed E-state index contributed by atoms with van der Waals surface area (Å²) in [5, 5.41) is 12.7. The second-order valence-electron chi connectivity index (χ2n) is 6.80. The second kappa shape index (κ2) is 8.70. The summed E-state index contributed by atoms with van der Waals surface area (Å²) in [6.07, 6.45) is 3.29. The van der Waals surface area contributed by atoms with E-state index in [0.29, 0.717) is 25.2 Å². The van der Waals surface area contributed by atoms with Gasteiger partial charge in [0.05, 0.1) is 0 Å². The number of aliphatic hydroxyl groups excluding tert-OH is 1. The Bertz CT molecular complexity index is 638. The fourth-order valence-corrected chi connectivity index (χ4v) is 3.58. The van der Waals surface area contributed by atoms with E-state index < -0.39 is 6.10 Å². The third-order valence-electron chi connectivity index (χ3n) is 4.96. The molecule has 0 saturated carbocycles. The number of rotatable bonds is 5. The van der Waals surface area contributed by atoms with Gasteiger partial charge in [0.2, 0.25) is 0 Å². The van der Waals surface area contributed by atoms with Gasteiger partial charge in [0.15, 0.2) is 0 Å².